The lowest BCUT2D eigenvalue weighted by atomic mass is 10.2. The maximum Gasteiger partial charge on any atom is 0.384 e. The average Bonchev–Trinajstić information content (AvgIpc) is 0.878. The van der Waals surface area contributed by atoms with Crippen molar-refractivity contribution in [3.05, 3.63) is 42.0 Å². The van der Waals surface area contributed by atoms with Crippen molar-refractivity contribution in [2.24, 2.45) is 0 Å². The standard InChI is InChI=1S/C20H32NO2.C15H28NO2.2C14H26NO2.C13H24NO2.C12H22NO2.C11H20NO2.C9H16NO2.C8H14NO2/c1-4-7-16-21(6-3,15-5-2)17-18-23-20(22)14-13-19-11-9-8-10-12-19;1-5-9-12-16(8-4,11-7-3)13-14-18-15(17)10-6-2;1-5-9-11-15(8-4,10-6-2)12-13-17-14(16)7-3;1-5-9-14(16)17-13-12-15(8-4,10-6-2)11-7-3;1-5-9-14(8-4,10-6-2)11-12-16-13(15)7-3;1-5-9-12(14)15-11-10-13(6-2,7-3)8-4;1-5-11(13)14-10-9-12(6-2,7-3)8-4;1-5-6-9(11)12-8-7-10(2,3)4;1-5-8(10)11-7-6-9(2,3)4/h8-14H,4-7,15-18H2,1-3H3;5,7-9,11-14H2,1-4H3;3H,5-6,8-13H2,1-2,4H3;6-8,10-13H2,1-4H3;3H,5-6,8-12H2,1-2,4H3;6-8,10-11H2,1-4H3;1H,6-10H2,2-4H3;7-8H2,1-4H3;1H,6-7H2,2-4H3/q9*+1/b14-13+;;;;;;;;. The van der Waals surface area contributed by atoms with Gasteiger partial charge in [-0.25, -0.2) is 43.2 Å². The summed E-state index contributed by atoms with van der Waals surface area (Å²) in [5, 5.41) is 0. The lowest BCUT2D eigenvalue weighted by Gasteiger charge is -2.37. The van der Waals surface area contributed by atoms with Gasteiger partial charge in [-0.05, 0) is 180 Å². The second-order valence-electron chi connectivity index (χ2n) is 37.3. The highest BCUT2D eigenvalue weighted by Gasteiger charge is 2.30. The number of esters is 9. The molecule has 0 aliphatic heterocycles. The third-order valence-corrected chi connectivity index (χ3v) is 25.4. The molecule has 0 radical (unpaired) electrons. The second-order valence-corrected chi connectivity index (χ2v) is 37.3. The molecule has 0 bridgehead atoms. The molecular formula is C116H208N9O18+9. The summed E-state index contributed by atoms with van der Waals surface area (Å²) in [7, 11) is 12.2. The van der Waals surface area contributed by atoms with Crippen LogP contribution in [0.5, 0.6) is 0 Å². The maximum atomic E-state index is 11.8. The van der Waals surface area contributed by atoms with Crippen LogP contribution in [0.1, 0.15) is 262 Å². The van der Waals surface area contributed by atoms with E-state index in [-0.39, 0.29) is 5.97 Å². The zero-order valence-corrected chi connectivity index (χ0v) is 96.5. The van der Waals surface area contributed by atoms with Gasteiger partial charge in [0.2, 0.25) is 0 Å². The Bertz CT molecular complexity index is 3930. The monoisotopic (exact) mass is 2020 g/mol. The number of rotatable bonds is 63. The molecule has 0 N–H and O–H groups in total. The number of benzene rings is 1. The molecule has 0 saturated heterocycles. The molecule has 27 nitrogen and oxygen atoms in total. The zero-order chi connectivity index (χ0) is 111. The normalized spacial score (nSPS) is 11.8. The Morgan fingerprint density at radius 3 is 0.594 bits per heavy atom. The molecule has 0 aromatic heterocycles. The van der Waals surface area contributed by atoms with Gasteiger partial charge in [0.05, 0.1) is 180 Å². The van der Waals surface area contributed by atoms with Crippen LogP contribution in [-0.2, 0) is 85.8 Å². The highest BCUT2D eigenvalue weighted by molar-refractivity contribution is 5.91. The number of unbranched alkanes of at least 4 members (excludes halogenated alkanes) is 3. The average molecular weight is 2020 g/mol. The predicted octanol–water partition coefficient (Wildman–Crippen LogP) is 15.7. The SMILES string of the molecule is C#CC(=O)OCC[N+](C)(C)C.C#CC(=O)OCC[N+](CC)(CC)CC.C#CC(=O)OCC[N+](CC)(CCC)CCC.C#CC(=O)OCC[N+](CC)(CCC)CCCC.CC#CC(=O)OCC[N+](C)(C)C.CC#CC(=O)OCC[N+](CC)(CC)CC.CC#CC(=O)OCC[N+](CC)(CCC)CCC.CC#CC(=O)OCC[N+](CC)(CCC)CCCC.CCCC[N+](CC)(CCC)CCOC(=O)/C=C/c1ccccc1. The van der Waals surface area contributed by atoms with Crippen LogP contribution in [0.2, 0.25) is 0 Å². The van der Waals surface area contributed by atoms with E-state index in [0.717, 1.165) is 261 Å². The second kappa shape index (κ2) is 95.8. The summed E-state index contributed by atoms with van der Waals surface area (Å²) >= 11 is 0. The first kappa shape index (κ1) is 149. The van der Waals surface area contributed by atoms with Crippen molar-refractivity contribution in [2.75, 3.05) is 298 Å². The molecular weight excluding hydrogens is 1810 g/mol. The summed E-state index contributed by atoms with van der Waals surface area (Å²) in [5.41, 5.74) is 1.01. The summed E-state index contributed by atoms with van der Waals surface area (Å²) in [6, 6.07) is 9.80. The van der Waals surface area contributed by atoms with E-state index >= 15 is 0 Å². The lowest BCUT2D eigenvalue weighted by Crippen LogP contribution is -2.51. The number of carbonyl (C=O) groups excluding carboxylic acids is 9. The molecule has 1 rings (SSSR count). The van der Waals surface area contributed by atoms with Crippen LogP contribution in [0.25, 0.3) is 6.08 Å². The molecule has 0 fully saturated rings. The molecule has 3 unspecified atom stereocenters. The van der Waals surface area contributed by atoms with E-state index < -0.39 is 47.8 Å². The first-order valence-electron chi connectivity index (χ1n) is 53.3. The van der Waals surface area contributed by atoms with Crippen LogP contribution in [0.4, 0.5) is 0 Å². The molecule has 0 aliphatic rings. The smallest absolute Gasteiger partial charge is 0.384 e. The van der Waals surface area contributed by atoms with Gasteiger partial charge in [0.15, 0.2) is 0 Å². The Balaban J connectivity index is -0.000000241. The van der Waals surface area contributed by atoms with E-state index in [9.17, 15) is 43.2 Å². The fourth-order valence-electron chi connectivity index (χ4n) is 15.8. The molecule has 0 amide bonds. The minimum atomic E-state index is -0.585. The van der Waals surface area contributed by atoms with Crippen molar-refractivity contribution in [1.29, 1.82) is 0 Å². The molecule has 1 aromatic rings. The number of carbonyl (C=O) groups is 9. The van der Waals surface area contributed by atoms with Gasteiger partial charge in [-0.2, -0.15) is 0 Å². The molecule has 0 heterocycles. The van der Waals surface area contributed by atoms with Gasteiger partial charge in [0.1, 0.15) is 118 Å². The van der Waals surface area contributed by atoms with Crippen LogP contribution in [0.3, 0.4) is 0 Å². The number of hydrogen-bond donors (Lipinski definition) is 0. The van der Waals surface area contributed by atoms with E-state index in [1.165, 1.54) is 70.5 Å². The van der Waals surface area contributed by atoms with Gasteiger partial charge in [-0.15, -0.1) is 25.7 Å². The summed E-state index contributed by atoms with van der Waals surface area (Å²) < 4.78 is 53.7. The van der Waals surface area contributed by atoms with Gasteiger partial charge in [-0.1, -0.05) is 143 Å². The Morgan fingerprint density at radius 2 is 0.420 bits per heavy atom. The molecule has 0 saturated carbocycles. The third-order valence-electron chi connectivity index (χ3n) is 25.4. The molecule has 1 aromatic carbocycles. The van der Waals surface area contributed by atoms with E-state index in [4.69, 9.17) is 63.6 Å². The molecule has 3 atom stereocenters. The van der Waals surface area contributed by atoms with Gasteiger partial charge in [-0.3, -0.25) is 0 Å². The Labute approximate surface area is 874 Å². The highest BCUT2D eigenvalue weighted by Crippen LogP contribution is 2.17. The number of hydrogen-bond acceptors (Lipinski definition) is 18. The highest BCUT2D eigenvalue weighted by atomic mass is 16.6. The van der Waals surface area contributed by atoms with Crippen molar-refractivity contribution < 1.29 is 126 Å². The maximum absolute atomic E-state index is 11.8. The van der Waals surface area contributed by atoms with Gasteiger partial charge in [0.25, 0.3) is 0 Å². The quantitative estimate of drug-likeness (QED) is 0.0147. The zero-order valence-electron chi connectivity index (χ0n) is 96.5. The molecule has 27 heteroatoms. The van der Waals surface area contributed by atoms with Crippen LogP contribution < -0.4 is 0 Å². The molecule has 816 valence electrons. The van der Waals surface area contributed by atoms with E-state index in [1.54, 1.807) is 33.8 Å². The topological polar surface area (TPSA) is 237 Å². The Morgan fingerprint density at radius 1 is 0.238 bits per heavy atom. The van der Waals surface area contributed by atoms with Crippen LogP contribution in [-0.4, -0.2) is 392 Å². The van der Waals surface area contributed by atoms with Crippen molar-refractivity contribution in [2.45, 2.75) is 257 Å². The first-order chi connectivity index (χ1) is 67.9. The van der Waals surface area contributed by atoms with Crippen molar-refractivity contribution in [1.82, 2.24) is 0 Å². The van der Waals surface area contributed by atoms with Gasteiger partial charge < -0.3 is 83.0 Å². The van der Waals surface area contributed by atoms with Crippen LogP contribution in [0, 0.1) is 96.7 Å². The summed E-state index contributed by atoms with van der Waals surface area (Å²) in [6.07, 6.45) is 38.3. The van der Waals surface area contributed by atoms with Crippen LogP contribution in [0.15, 0.2) is 36.4 Å². The van der Waals surface area contributed by atoms with Crippen LogP contribution >= 0.6 is 0 Å². The van der Waals surface area contributed by atoms with E-state index in [1.807, 2.05) is 96.3 Å². The minimum absolute atomic E-state index is 0.255. The first-order valence-corrected chi connectivity index (χ1v) is 53.3. The fraction of sp³-hybridized carbons (Fsp3) is 0.716. The van der Waals surface area contributed by atoms with E-state index in [2.05, 4.69) is 197 Å². The van der Waals surface area contributed by atoms with Crippen molar-refractivity contribution in [3.63, 3.8) is 0 Å². The number of likely N-dealkylation sites (N-methyl/N-ethyl adjacent to an activating group) is 9. The van der Waals surface area contributed by atoms with Crippen molar-refractivity contribution >= 4 is 59.8 Å². The largest absolute Gasteiger partial charge is 0.457 e. The summed E-state index contributed by atoms with van der Waals surface area (Å²) in [4.78, 5) is 98.7. The Kier molecular flexibility index (Phi) is 99.6. The molecule has 0 aliphatic carbocycles. The van der Waals surface area contributed by atoms with E-state index in [0.29, 0.717) is 59.5 Å². The summed E-state index contributed by atoms with van der Waals surface area (Å²) in [5.74, 6) is 23.2. The number of ether oxygens (including phenoxy) is 9. The van der Waals surface area contributed by atoms with Crippen molar-refractivity contribution in [3.8, 4) is 96.7 Å². The number of nitrogens with zero attached hydrogens (tertiary/aromatic N) is 9. The lowest BCUT2D eigenvalue weighted by molar-refractivity contribution is -0.927. The van der Waals surface area contributed by atoms with Gasteiger partial charge in [0, 0.05) is 53.4 Å². The fourth-order valence-corrected chi connectivity index (χ4v) is 15.8. The third kappa shape index (κ3) is 85.3. The number of terminal acetylenes is 4. The molecule has 143 heavy (non-hydrogen) atoms. The predicted molar refractivity (Wildman–Crippen MR) is 586 cm³/mol. The summed E-state index contributed by atoms with van der Waals surface area (Å²) in [6.45, 7) is 87.7. The Hall–Kier alpha value is -9.69. The number of quaternary nitrogens is 9. The minimum Gasteiger partial charge on any atom is -0.457 e. The van der Waals surface area contributed by atoms with Gasteiger partial charge >= 0.3 is 53.7 Å². The molecule has 0 spiro atoms.